The van der Waals surface area contributed by atoms with Crippen molar-refractivity contribution in [1.29, 1.82) is 0 Å². The van der Waals surface area contributed by atoms with Gasteiger partial charge in [-0.15, -0.1) is 0 Å². The van der Waals surface area contributed by atoms with E-state index in [9.17, 15) is 0 Å². The number of hydrogen-bond acceptors (Lipinski definition) is 3. The lowest BCUT2D eigenvalue weighted by molar-refractivity contribution is 0.0388. The van der Waals surface area contributed by atoms with Gasteiger partial charge in [0.25, 0.3) is 0 Å². The average Bonchev–Trinajstić information content (AvgIpc) is 2.75. The van der Waals surface area contributed by atoms with Crippen molar-refractivity contribution in [2.45, 2.75) is 31.8 Å². The molecule has 3 heterocycles. The molecule has 0 radical (unpaired) electrons. The van der Waals surface area contributed by atoms with Gasteiger partial charge in [-0.1, -0.05) is 37.3 Å². The van der Waals surface area contributed by atoms with E-state index in [1.807, 2.05) is 18.3 Å². The summed E-state index contributed by atoms with van der Waals surface area (Å²) in [6, 6.07) is 17.0. The maximum Gasteiger partial charge on any atom is 0.130 e. The summed E-state index contributed by atoms with van der Waals surface area (Å²) in [4.78, 5) is 7.16. The first-order valence-corrected chi connectivity index (χ1v) is 10.3. The molecule has 1 saturated heterocycles. The first-order valence-electron chi connectivity index (χ1n) is 10.3. The van der Waals surface area contributed by atoms with Gasteiger partial charge >= 0.3 is 0 Å². The number of pyridine rings is 1. The van der Waals surface area contributed by atoms with Crippen molar-refractivity contribution < 1.29 is 4.74 Å². The van der Waals surface area contributed by atoms with Crippen LogP contribution >= 0.6 is 0 Å². The predicted octanol–water partition coefficient (Wildman–Crippen LogP) is 5.55. The van der Waals surface area contributed by atoms with Gasteiger partial charge in [-0.05, 0) is 48.9 Å². The molecule has 1 spiro atoms. The molecule has 2 aliphatic rings. The Labute approximate surface area is 166 Å². The predicted molar refractivity (Wildman–Crippen MR) is 116 cm³/mol. The minimum Gasteiger partial charge on any atom is -0.482 e. The van der Waals surface area contributed by atoms with E-state index in [4.69, 9.17) is 4.74 Å². The Bertz CT molecular complexity index is 1030. The minimum atomic E-state index is -0.122. The smallest absolute Gasteiger partial charge is 0.130 e. The van der Waals surface area contributed by atoms with Crippen molar-refractivity contribution in [3.05, 3.63) is 66.4 Å². The zero-order valence-corrected chi connectivity index (χ0v) is 16.4. The fourth-order valence-corrected chi connectivity index (χ4v) is 4.41. The molecular weight excluding hydrogens is 344 g/mol. The van der Waals surface area contributed by atoms with Crippen LogP contribution in [0.5, 0.6) is 5.75 Å². The third-order valence-corrected chi connectivity index (χ3v) is 6.06. The summed E-state index contributed by atoms with van der Waals surface area (Å²) < 4.78 is 6.52. The molecule has 5 rings (SSSR count). The van der Waals surface area contributed by atoms with Crippen LogP contribution in [0, 0.1) is 0 Å². The molecule has 142 valence electrons. The van der Waals surface area contributed by atoms with Crippen LogP contribution in [-0.4, -0.2) is 35.1 Å². The zero-order valence-electron chi connectivity index (χ0n) is 16.4. The van der Waals surface area contributed by atoms with Crippen LogP contribution in [0.1, 0.15) is 31.7 Å². The van der Waals surface area contributed by atoms with Crippen molar-refractivity contribution in [3.63, 3.8) is 0 Å². The first-order chi connectivity index (χ1) is 13.7. The van der Waals surface area contributed by atoms with E-state index in [0.29, 0.717) is 0 Å². The summed E-state index contributed by atoms with van der Waals surface area (Å²) >= 11 is 0. The third kappa shape index (κ3) is 3.20. The number of fused-ring (bicyclic) bond motifs is 2. The molecule has 1 fully saturated rings. The topological polar surface area (TPSA) is 25.4 Å². The minimum absolute atomic E-state index is 0.122. The Morgan fingerprint density at radius 3 is 2.75 bits per heavy atom. The van der Waals surface area contributed by atoms with E-state index >= 15 is 0 Å². The molecule has 2 aromatic carbocycles. The quantitative estimate of drug-likeness (QED) is 0.604. The van der Waals surface area contributed by atoms with E-state index in [0.717, 1.165) is 48.3 Å². The summed E-state index contributed by atoms with van der Waals surface area (Å²) in [5, 5.41) is 1.17. The fourth-order valence-electron chi connectivity index (χ4n) is 4.41. The number of para-hydroxylation sites is 1. The first kappa shape index (κ1) is 17.4. The second-order valence-electron chi connectivity index (χ2n) is 8.01. The molecule has 0 saturated carbocycles. The number of benzene rings is 2. The Kier molecular flexibility index (Phi) is 4.40. The second-order valence-corrected chi connectivity index (χ2v) is 8.01. The highest BCUT2D eigenvalue weighted by Crippen LogP contribution is 2.39. The lowest BCUT2D eigenvalue weighted by atomic mass is 9.87. The average molecular weight is 370 g/mol. The largest absolute Gasteiger partial charge is 0.482 e. The van der Waals surface area contributed by atoms with Crippen molar-refractivity contribution >= 4 is 17.0 Å². The Morgan fingerprint density at radius 2 is 1.89 bits per heavy atom. The van der Waals surface area contributed by atoms with Gasteiger partial charge in [0.2, 0.25) is 0 Å². The van der Waals surface area contributed by atoms with Crippen LogP contribution in [0.25, 0.3) is 28.1 Å². The molecule has 3 heteroatoms. The van der Waals surface area contributed by atoms with Gasteiger partial charge in [-0.2, -0.15) is 0 Å². The van der Waals surface area contributed by atoms with Crippen molar-refractivity contribution in [3.8, 4) is 16.9 Å². The SMILES string of the molecule is CCCN1CCC2(C=Cc3cc(-c4cnc5ccccc5c4)ccc3O2)CC1. The van der Waals surface area contributed by atoms with Gasteiger partial charge in [-0.25, -0.2) is 0 Å². The highest BCUT2D eigenvalue weighted by Gasteiger charge is 2.36. The number of ether oxygens (including phenoxy) is 1. The third-order valence-electron chi connectivity index (χ3n) is 6.06. The summed E-state index contributed by atoms with van der Waals surface area (Å²) in [5.74, 6) is 1.00. The standard InChI is InChI=1S/C25H26N2O/c1-2-13-27-14-11-25(12-15-27)10-9-21-16-19(7-8-24(21)28-25)22-17-20-5-3-4-6-23(20)26-18-22/h3-10,16-18H,2,11-15H2,1H3. The van der Waals surface area contributed by atoms with Crippen molar-refractivity contribution in [2.75, 3.05) is 19.6 Å². The maximum absolute atomic E-state index is 6.52. The van der Waals surface area contributed by atoms with Crippen LogP contribution in [0.3, 0.4) is 0 Å². The highest BCUT2D eigenvalue weighted by molar-refractivity contribution is 5.84. The number of nitrogens with zero attached hydrogens (tertiary/aromatic N) is 2. The monoisotopic (exact) mass is 370 g/mol. The summed E-state index contributed by atoms with van der Waals surface area (Å²) in [6.45, 7) is 5.68. The Morgan fingerprint density at radius 1 is 1.04 bits per heavy atom. The molecule has 0 unspecified atom stereocenters. The molecule has 0 bridgehead atoms. The van der Waals surface area contributed by atoms with Gasteiger partial charge in [-0.3, -0.25) is 4.98 Å². The number of aromatic nitrogens is 1. The van der Waals surface area contributed by atoms with Crippen LogP contribution in [-0.2, 0) is 0 Å². The Hall–Kier alpha value is -2.65. The molecule has 0 atom stereocenters. The molecule has 28 heavy (non-hydrogen) atoms. The Balaban J connectivity index is 1.40. The molecule has 3 nitrogen and oxygen atoms in total. The van der Waals surface area contributed by atoms with Gasteiger partial charge < -0.3 is 9.64 Å². The zero-order chi connectivity index (χ0) is 19.0. The number of hydrogen-bond donors (Lipinski definition) is 0. The van der Waals surface area contributed by atoms with Crippen LogP contribution in [0.4, 0.5) is 0 Å². The molecule has 1 aromatic heterocycles. The van der Waals surface area contributed by atoms with E-state index < -0.39 is 0 Å². The van der Waals surface area contributed by atoms with Gasteiger partial charge in [0.05, 0.1) is 5.52 Å². The molecular formula is C25H26N2O. The van der Waals surface area contributed by atoms with E-state index in [1.165, 1.54) is 23.9 Å². The van der Waals surface area contributed by atoms with Gasteiger partial charge in [0, 0.05) is 48.6 Å². The number of rotatable bonds is 3. The summed E-state index contributed by atoms with van der Waals surface area (Å²) in [5.41, 5.74) is 4.39. The highest BCUT2D eigenvalue weighted by atomic mass is 16.5. The maximum atomic E-state index is 6.52. The van der Waals surface area contributed by atoms with Crippen LogP contribution in [0.15, 0.2) is 60.8 Å². The van der Waals surface area contributed by atoms with Crippen molar-refractivity contribution in [1.82, 2.24) is 9.88 Å². The van der Waals surface area contributed by atoms with E-state index in [1.54, 1.807) is 0 Å². The van der Waals surface area contributed by atoms with E-state index in [-0.39, 0.29) is 5.60 Å². The van der Waals surface area contributed by atoms with E-state index in [2.05, 4.69) is 65.4 Å². The van der Waals surface area contributed by atoms with Gasteiger partial charge in [0.15, 0.2) is 0 Å². The lowest BCUT2D eigenvalue weighted by Crippen LogP contribution is -2.47. The molecule has 2 aliphatic heterocycles. The molecule has 0 N–H and O–H groups in total. The summed E-state index contributed by atoms with van der Waals surface area (Å²) in [6.07, 6.45) is 9.87. The summed E-state index contributed by atoms with van der Waals surface area (Å²) in [7, 11) is 0. The normalized spacial score (nSPS) is 18.2. The second kappa shape index (κ2) is 7.06. The van der Waals surface area contributed by atoms with Crippen molar-refractivity contribution in [2.24, 2.45) is 0 Å². The van der Waals surface area contributed by atoms with Gasteiger partial charge in [0.1, 0.15) is 11.4 Å². The van der Waals surface area contributed by atoms with Crippen LogP contribution < -0.4 is 4.74 Å². The van der Waals surface area contributed by atoms with Crippen LogP contribution in [0.2, 0.25) is 0 Å². The number of piperidine rings is 1. The number of likely N-dealkylation sites (tertiary alicyclic amines) is 1. The molecule has 0 amide bonds. The lowest BCUT2D eigenvalue weighted by Gasteiger charge is -2.42. The fraction of sp³-hybridized carbons (Fsp3) is 0.320. The molecule has 0 aliphatic carbocycles. The molecule has 3 aromatic rings.